The number of hydrogen-bond donors (Lipinski definition) is 0. The number of aromatic nitrogens is 3. The van der Waals surface area contributed by atoms with Gasteiger partial charge in [-0.1, -0.05) is 18.2 Å². The van der Waals surface area contributed by atoms with Crippen LogP contribution in [-0.2, 0) is 0 Å². The number of amides is 1. The van der Waals surface area contributed by atoms with E-state index in [1.165, 1.54) is 0 Å². The zero-order chi connectivity index (χ0) is 16.4. The Kier molecular flexibility index (Phi) is 3.83. The monoisotopic (exact) mass is 318 g/mol. The number of carbonyl (C=O) groups is 1. The van der Waals surface area contributed by atoms with Gasteiger partial charge >= 0.3 is 0 Å². The molecule has 1 aliphatic heterocycles. The van der Waals surface area contributed by atoms with Crippen LogP contribution < -0.4 is 0 Å². The van der Waals surface area contributed by atoms with Gasteiger partial charge < -0.3 is 4.90 Å². The highest BCUT2D eigenvalue weighted by Gasteiger charge is 2.31. The molecule has 120 valence electrons. The lowest BCUT2D eigenvalue weighted by atomic mass is 10.1. The molecule has 0 saturated carbocycles. The molecule has 1 saturated heterocycles. The zero-order valence-corrected chi connectivity index (χ0v) is 13.2. The molecule has 3 heterocycles. The van der Waals surface area contributed by atoms with E-state index in [9.17, 15) is 4.79 Å². The summed E-state index contributed by atoms with van der Waals surface area (Å²) in [6.07, 6.45) is 7.38. The van der Waals surface area contributed by atoms with Crippen LogP contribution in [0.3, 0.4) is 0 Å². The molecule has 1 aliphatic rings. The largest absolute Gasteiger partial charge is 0.330 e. The second-order valence-electron chi connectivity index (χ2n) is 5.92. The molecule has 1 amide bonds. The Morgan fingerprint density at radius 1 is 1.04 bits per heavy atom. The van der Waals surface area contributed by atoms with Gasteiger partial charge in [0.05, 0.1) is 11.7 Å². The van der Waals surface area contributed by atoms with E-state index in [0.29, 0.717) is 5.69 Å². The van der Waals surface area contributed by atoms with E-state index in [4.69, 9.17) is 0 Å². The van der Waals surface area contributed by atoms with Crippen molar-refractivity contribution in [3.63, 3.8) is 0 Å². The van der Waals surface area contributed by atoms with Crippen LogP contribution in [0.1, 0.15) is 34.9 Å². The molecule has 5 heteroatoms. The summed E-state index contributed by atoms with van der Waals surface area (Å²) in [7, 11) is 0. The third kappa shape index (κ3) is 2.69. The summed E-state index contributed by atoms with van der Waals surface area (Å²) in [5.41, 5.74) is 2.57. The van der Waals surface area contributed by atoms with Gasteiger partial charge in [-0.15, -0.1) is 0 Å². The lowest BCUT2D eigenvalue weighted by Crippen LogP contribution is -2.31. The third-order valence-corrected chi connectivity index (χ3v) is 4.43. The minimum atomic E-state index is -0.0102. The summed E-state index contributed by atoms with van der Waals surface area (Å²) >= 11 is 0. The quantitative estimate of drug-likeness (QED) is 0.745. The van der Waals surface area contributed by atoms with Crippen molar-refractivity contribution in [2.75, 3.05) is 6.54 Å². The first-order valence-electron chi connectivity index (χ1n) is 8.15. The van der Waals surface area contributed by atoms with Crippen molar-refractivity contribution in [1.82, 2.24) is 19.7 Å². The van der Waals surface area contributed by atoms with Gasteiger partial charge in [-0.25, -0.2) is 4.68 Å². The van der Waals surface area contributed by atoms with Crippen LogP contribution in [0, 0.1) is 0 Å². The smallest absolute Gasteiger partial charge is 0.274 e. The van der Waals surface area contributed by atoms with Gasteiger partial charge in [0.2, 0.25) is 0 Å². The summed E-state index contributed by atoms with van der Waals surface area (Å²) < 4.78 is 1.74. The van der Waals surface area contributed by atoms with E-state index in [1.807, 2.05) is 53.6 Å². The molecule has 0 aliphatic carbocycles. The van der Waals surface area contributed by atoms with Crippen molar-refractivity contribution in [2.45, 2.75) is 18.9 Å². The summed E-state index contributed by atoms with van der Waals surface area (Å²) in [6.45, 7) is 0.768. The fourth-order valence-corrected chi connectivity index (χ4v) is 3.25. The molecule has 4 rings (SSSR count). The van der Waals surface area contributed by atoms with Gasteiger partial charge in [-0.05, 0) is 48.7 Å². The highest BCUT2D eigenvalue weighted by Crippen LogP contribution is 2.32. The average molecular weight is 318 g/mol. The van der Waals surface area contributed by atoms with Crippen molar-refractivity contribution in [3.8, 4) is 5.69 Å². The number of carbonyl (C=O) groups excluding carboxylic acids is 1. The maximum atomic E-state index is 12.9. The molecule has 0 radical (unpaired) electrons. The van der Waals surface area contributed by atoms with Crippen LogP contribution in [0.15, 0.2) is 67.1 Å². The highest BCUT2D eigenvalue weighted by molar-refractivity contribution is 5.92. The van der Waals surface area contributed by atoms with Crippen molar-refractivity contribution in [3.05, 3.63) is 78.4 Å². The maximum absolute atomic E-state index is 12.9. The van der Waals surface area contributed by atoms with Crippen LogP contribution in [-0.4, -0.2) is 32.1 Å². The van der Waals surface area contributed by atoms with Crippen LogP contribution in [0.25, 0.3) is 5.69 Å². The van der Waals surface area contributed by atoms with Crippen molar-refractivity contribution in [2.24, 2.45) is 0 Å². The lowest BCUT2D eigenvalue weighted by Gasteiger charge is -2.24. The van der Waals surface area contributed by atoms with Crippen LogP contribution in [0.4, 0.5) is 0 Å². The Morgan fingerprint density at radius 2 is 1.83 bits per heavy atom. The number of pyridine rings is 1. The zero-order valence-electron chi connectivity index (χ0n) is 13.2. The summed E-state index contributed by atoms with van der Waals surface area (Å²) in [5.74, 6) is -0.0102. The predicted molar refractivity (Wildman–Crippen MR) is 90.8 cm³/mol. The normalized spacial score (nSPS) is 17.2. The van der Waals surface area contributed by atoms with Crippen LogP contribution >= 0.6 is 0 Å². The Hall–Kier alpha value is -2.95. The first kappa shape index (κ1) is 14.6. The van der Waals surface area contributed by atoms with Gasteiger partial charge in [0.1, 0.15) is 0 Å². The van der Waals surface area contributed by atoms with Crippen LogP contribution in [0.2, 0.25) is 0 Å². The molecular formula is C19H18N4O. The molecule has 1 fully saturated rings. The third-order valence-electron chi connectivity index (χ3n) is 4.43. The first-order valence-corrected chi connectivity index (χ1v) is 8.15. The fraction of sp³-hybridized carbons (Fsp3) is 0.211. The molecule has 24 heavy (non-hydrogen) atoms. The van der Waals surface area contributed by atoms with Crippen molar-refractivity contribution < 1.29 is 4.79 Å². The number of rotatable bonds is 3. The predicted octanol–water partition coefficient (Wildman–Crippen LogP) is 3.24. The molecular weight excluding hydrogens is 300 g/mol. The van der Waals surface area contributed by atoms with E-state index in [2.05, 4.69) is 10.1 Å². The number of para-hydroxylation sites is 1. The average Bonchev–Trinajstić information content (AvgIpc) is 3.32. The van der Waals surface area contributed by atoms with E-state index in [0.717, 1.165) is 30.6 Å². The first-order chi connectivity index (χ1) is 11.8. The molecule has 1 aromatic carbocycles. The van der Waals surface area contributed by atoms with E-state index < -0.39 is 0 Å². The standard InChI is InChI=1S/C19H18N4O/c24-19(17-10-14-23(21-17)16-5-2-1-3-6-16)22-13-4-7-18(22)15-8-11-20-12-9-15/h1-3,5-6,8-12,14,18H,4,7,13H2/t18-/m0/s1. The second-order valence-corrected chi connectivity index (χ2v) is 5.92. The lowest BCUT2D eigenvalue weighted by molar-refractivity contribution is 0.0729. The molecule has 0 spiro atoms. The molecule has 2 aromatic heterocycles. The van der Waals surface area contributed by atoms with E-state index >= 15 is 0 Å². The van der Waals surface area contributed by atoms with E-state index in [1.54, 1.807) is 23.1 Å². The topological polar surface area (TPSA) is 51.0 Å². The van der Waals surface area contributed by atoms with Crippen molar-refractivity contribution >= 4 is 5.91 Å². The van der Waals surface area contributed by atoms with Gasteiger partial charge in [0.15, 0.2) is 5.69 Å². The molecule has 3 aromatic rings. The van der Waals surface area contributed by atoms with Gasteiger partial charge in [0.25, 0.3) is 5.91 Å². The Bertz CT molecular complexity index is 829. The minimum absolute atomic E-state index is 0.0102. The highest BCUT2D eigenvalue weighted by atomic mass is 16.2. The van der Waals surface area contributed by atoms with Crippen molar-refractivity contribution in [1.29, 1.82) is 0 Å². The number of benzene rings is 1. The summed E-state index contributed by atoms with van der Waals surface area (Å²) in [6, 6.07) is 15.7. The summed E-state index contributed by atoms with van der Waals surface area (Å²) in [5, 5.41) is 4.47. The summed E-state index contributed by atoms with van der Waals surface area (Å²) in [4.78, 5) is 18.9. The Morgan fingerprint density at radius 3 is 2.62 bits per heavy atom. The fourth-order valence-electron chi connectivity index (χ4n) is 3.25. The molecule has 0 N–H and O–H groups in total. The molecule has 1 atom stereocenters. The molecule has 5 nitrogen and oxygen atoms in total. The Balaban J connectivity index is 1.58. The van der Waals surface area contributed by atoms with E-state index in [-0.39, 0.29) is 11.9 Å². The molecule has 0 bridgehead atoms. The minimum Gasteiger partial charge on any atom is -0.330 e. The number of likely N-dealkylation sites (tertiary alicyclic amines) is 1. The van der Waals surface area contributed by atoms with Gasteiger partial charge in [-0.3, -0.25) is 9.78 Å². The number of nitrogens with zero attached hydrogens (tertiary/aromatic N) is 4. The Labute approximate surface area is 140 Å². The van der Waals surface area contributed by atoms with Crippen LogP contribution in [0.5, 0.6) is 0 Å². The van der Waals surface area contributed by atoms with Gasteiger partial charge in [-0.2, -0.15) is 5.10 Å². The SMILES string of the molecule is O=C(c1ccn(-c2ccccc2)n1)N1CCC[C@H]1c1ccncc1. The maximum Gasteiger partial charge on any atom is 0.274 e. The van der Waals surface area contributed by atoms with Gasteiger partial charge in [0, 0.05) is 25.1 Å². The second kappa shape index (κ2) is 6.28. The number of hydrogen-bond acceptors (Lipinski definition) is 3. The molecule has 0 unspecified atom stereocenters.